The molecule has 1 fully saturated rings. The molecule has 2 aromatic rings. The van der Waals surface area contributed by atoms with Crippen LogP contribution in [0.2, 0.25) is 0 Å². The fourth-order valence-corrected chi connectivity index (χ4v) is 2.71. The van der Waals surface area contributed by atoms with Crippen LogP contribution in [0.4, 0.5) is 10.5 Å². The second kappa shape index (κ2) is 7.26. The van der Waals surface area contributed by atoms with Gasteiger partial charge in [-0.15, -0.1) is 0 Å². The maximum Gasteiger partial charge on any atom is 0.324 e. The number of methoxy groups -OCH3 is 1. The lowest BCUT2D eigenvalue weighted by Gasteiger charge is -2.13. The van der Waals surface area contributed by atoms with E-state index in [9.17, 15) is 14.4 Å². The van der Waals surface area contributed by atoms with Gasteiger partial charge in [0, 0.05) is 11.3 Å². The number of amides is 4. The molecular weight excluding hydrogens is 334 g/mol. The van der Waals surface area contributed by atoms with Gasteiger partial charge in [-0.05, 0) is 42.3 Å². The summed E-state index contributed by atoms with van der Waals surface area (Å²) in [6.07, 6.45) is 0. The third-order valence-electron chi connectivity index (χ3n) is 4.13. The van der Waals surface area contributed by atoms with Gasteiger partial charge >= 0.3 is 6.03 Å². The van der Waals surface area contributed by atoms with Crippen molar-refractivity contribution in [2.75, 3.05) is 19.0 Å². The van der Waals surface area contributed by atoms with Crippen molar-refractivity contribution in [1.82, 2.24) is 10.2 Å². The van der Waals surface area contributed by atoms with Crippen LogP contribution in [0.5, 0.6) is 5.75 Å². The summed E-state index contributed by atoms with van der Waals surface area (Å²) in [5.41, 5.74) is 2.75. The van der Waals surface area contributed by atoms with Crippen LogP contribution in [0.3, 0.4) is 0 Å². The number of benzene rings is 2. The smallest absolute Gasteiger partial charge is 0.324 e. The molecule has 0 spiro atoms. The third kappa shape index (κ3) is 3.66. The zero-order valence-electron chi connectivity index (χ0n) is 14.5. The molecule has 0 saturated carbocycles. The molecule has 0 radical (unpaired) electrons. The zero-order valence-corrected chi connectivity index (χ0v) is 14.5. The van der Waals surface area contributed by atoms with Crippen LogP contribution in [0, 0.1) is 6.92 Å². The molecule has 1 aliphatic rings. The van der Waals surface area contributed by atoms with E-state index in [4.69, 9.17) is 4.74 Å². The summed E-state index contributed by atoms with van der Waals surface area (Å²) in [5.74, 6) is 0.108. The Morgan fingerprint density at radius 1 is 1.23 bits per heavy atom. The quantitative estimate of drug-likeness (QED) is 0.808. The molecule has 0 aliphatic carbocycles. The minimum absolute atomic E-state index is 0.0184. The number of anilines is 1. The predicted molar refractivity (Wildman–Crippen MR) is 96.1 cm³/mol. The van der Waals surface area contributed by atoms with Crippen molar-refractivity contribution in [3.05, 3.63) is 59.2 Å². The van der Waals surface area contributed by atoms with Crippen molar-refractivity contribution in [2.24, 2.45) is 0 Å². The molecule has 0 bridgehead atoms. The van der Waals surface area contributed by atoms with Gasteiger partial charge in [0.1, 0.15) is 5.75 Å². The average Bonchev–Trinajstić information content (AvgIpc) is 2.94. The van der Waals surface area contributed by atoms with Gasteiger partial charge in [-0.25, -0.2) is 4.79 Å². The number of ether oxygens (including phenoxy) is 1. The Bertz CT molecular complexity index is 863. The van der Waals surface area contributed by atoms with Crippen LogP contribution in [0.15, 0.2) is 42.5 Å². The number of hydrogen-bond acceptors (Lipinski definition) is 4. The van der Waals surface area contributed by atoms with Gasteiger partial charge in [0.25, 0.3) is 5.91 Å². The number of carbonyl (C=O) groups excluding carboxylic acids is 3. The second-order valence-electron chi connectivity index (χ2n) is 5.98. The Labute approximate surface area is 150 Å². The van der Waals surface area contributed by atoms with E-state index in [0.717, 1.165) is 16.0 Å². The van der Waals surface area contributed by atoms with Crippen LogP contribution < -0.4 is 15.4 Å². The molecule has 0 atom stereocenters. The van der Waals surface area contributed by atoms with E-state index in [1.54, 1.807) is 43.5 Å². The van der Waals surface area contributed by atoms with Gasteiger partial charge < -0.3 is 15.4 Å². The molecule has 2 N–H and O–H groups in total. The fourth-order valence-electron chi connectivity index (χ4n) is 2.71. The maximum atomic E-state index is 12.5. The lowest BCUT2D eigenvalue weighted by Crippen LogP contribution is -2.30. The Kier molecular flexibility index (Phi) is 4.88. The SMILES string of the molecule is COc1cc(C(=O)Nc2cccc(CN3C(=O)CNC3=O)c2)ccc1C. The normalized spacial score (nSPS) is 13.5. The van der Waals surface area contributed by atoms with Crippen molar-refractivity contribution in [3.63, 3.8) is 0 Å². The van der Waals surface area contributed by atoms with E-state index in [0.29, 0.717) is 17.0 Å². The molecule has 0 aromatic heterocycles. The van der Waals surface area contributed by atoms with Gasteiger partial charge in [0.15, 0.2) is 0 Å². The molecule has 4 amide bonds. The number of carbonyl (C=O) groups is 3. The average molecular weight is 353 g/mol. The molecule has 1 saturated heterocycles. The van der Waals surface area contributed by atoms with Gasteiger partial charge in [-0.1, -0.05) is 18.2 Å². The molecule has 7 heteroatoms. The summed E-state index contributed by atoms with van der Waals surface area (Å²) in [6, 6.07) is 11.9. The van der Waals surface area contributed by atoms with E-state index < -0.39 is 6.03 Å². The molecule has 7 nitrogen and oxygen atoms in total. The summed E-state index contributed by atoms with van der Waals surface area (Å²) < 4.78 is 5.24. The minimum atomic E-state index is -0.406. The first kappa shape index (κ1) is 17.5. The van der Waals surface area contributed by atoms with Crippen LogP contribution in [0.25, 0.3) is 0 Å². The number of hydrogen-bond donors (Lipinski definition) is 2. The van der Waals surface area contributed by atoms with Crippen LogP contribution in [0.1, 0.15) is 21.5 Å². The first-order chi connectivity index (χ1) is 12.5. The summed E-state index contributed by atoms with van der Waals surface area (Å²) in [6.45, 7) is 2.08. The molecular formula is C19H19N3O4. The van der Waals surface area contributed by atoms with Crippen LogP contribution in [-0.4, -0.2) is 36.4 Å². The molecule has 0 unspecified atom stereocenters. The van der Waals surface area contributed by atoms with Crippen LogP contribution >= 0.6 is 0 Å². The van der Waals surface area contributed by atoms with E-state index in [2.05, 4.69) is 10.6 Å². The summed E-state index contributed by atoms with van der Waals surface area (Å²) in [5, 5.41) is 5.30. The van der Waals surface area contributed by atoms with E-state index in [1.807, 2.05) is 13.0 Å². The lowest BCUT2D eigenvalue weighted by atomic mass is 10.1. The van der Waals surface area contributed by atoms with Gasteiger partial charge in [-0.3, -0.25) is 14.5 Å². The molecule has 1 aliphatic heterocycles. The second-order valence-corrected chi connectivity index (χ2v) is 5.98. The molecule has 26 heavy (non-hydrogen) atoms. The largest absolute Gasteiger partial charge is 0.496 e. The van der Waals surface area contributed by atoms with E-state index in [-0.39, 0.29) is 24.9 Å². The van der Waals surface area contributed by atoms with Crippen LogP contribution in [-0.2, 0) is 11.3 Å². The van der Waals surface area contributed by atoms with Gasteiger partial charge in [0.05, 0.1) is 20.2 Å². The molecule has 134 valence electrons. The highest BCUT2D eigenvalue weighted by Crippen LogP contribution is 2.20. The third-order valence-corrected chi connectivity index (χ3v) is 4.13. The summed E-state index contributed by atoms with van der Waals surface area (Å²) in [7, 11) is 1.56. The number of aryl methyl sites for hydroxylation is 1. The first-order valence-electron chi connectivity index (χ1n) is 8.11. The van der Waals surface area contributed by atoms with Crippen molar-refractivity contribution < 1.29 is 19.1 Å². The monoisotopic (exact) mass is 353 g/mol. The Balaban J connectivity index is 1.73. The molecule has 3 rings (SSSR count). The standard InChI is InChI=1S/C19H19N3O4/c1-12-6-7-14(9-16(12)26-2)18(24)21-15-5-3-4-13(8-15)11-22-17(23)10-20-19(22)25/h3-9H,10-11H2,1-2H3,(H,20,25)(H,21,24). The number of imide groups is 1. The lowest BCUT2D eigenvalue weighted by molar-refractivity contribution is -0.125. The first-order valence-corrected chi connectivity index (χ1v) is 8.11. The van der Waals surface area contributed by atoms with Crippen molar-refractivity contribution in [1.29, 1.82) is 0 Å². The zero-order chi connectivity index (χ0) is 18.7. The Hall–Kier alpha value is -3.35. The highest BCUT2D eigenvalue weighted by Gasteiger charge is 2.28. The number of nitrogens with zero attached hydrogens (tertiary/aromatic N) is 1. The summed E-state index contributed by atoms with van der Waals surface area (Å²) in [4.78, 5) is 36.9. The highest BCUT2D eigenvalue weighted by molar-refractivity contribution is 6.04. The molecule has 2 aromatic carbocycles. The van der Waals surface area contributed by atoms with Crippen molar-refractivity contribution in [2.45, 2.75) is 13.5 Å². The number of urea groups is 1. The van der Waals surface area contributed by atoms with E-state index >= 15 is 0 Å². The Morgan fingerprint density at radius 3 is 2.73 bits per heavy atom. The van der Waals surface area contributed by atoms with Crippen molar-refractivity contribution >= 4 is 23.5 Å². The topological polar surface area (TPSA) is 87.7 Å². The summed E-state index contributed by atoms with van der Waals surface area (Å²) >= 11 is 0. The van der Waals surface area contributed by atoms with Gasteiger partial charge in [0.2, 0.25) is 5.91 Å². The fraction of sp³-hybridized carbons (Fsp3) is 0.211. The van der Waals surface area contributed by atoms with E-state index in [1.165, 1.54) is 0 Å². The maximum absolute atomic E-state index is 12.5. The van der Waals surface area contributed by atoms with Crippen molar-refractivity contribution in [3.8, 4) is 5.75 Å². The number of nitrogens with one attached hydrogen (secondary N) is 2. The minimum Gasteiger partial charge on any atom is -0.496 e. The molecule has 1 heterocycles. The van der Waals surface area contributed by atoms with Gasteiger partial charge in [-0.2, -0.15) is 0 Å². The Morgan fingerprint density at radius 2 is 2.04 bits per heavy atom. The number of rotatable bonds is 5. The highest BCUT2D eigenvalue weighted by atomic mass is 16.5. The predicted octanol–water partition coefficient (Wildman–Crippen LogP) is 2.31.